The van der Waals surface area contributed by atoms with Crippen molar-refractivity contribution >= 4 is 43.7 Å². The van der Waals surface area contributed by atoms with E-state index < -0.39 is 0 Å². The molecule has 3 rings (SSSR count). The molecule has 1 N–H and O–H groups in total. The van der Waals surface area contributed by atoms with Crippen molar-refractivity contribution in [2.45, 2.75) is 33.1 Å². The summed E-state index contributed by atoms with van der Waals surface area (Å²) in [6, 6.07) is 11.8. The number of aryl methyl sites for hydroxylation is 1. The molecule has 0 saturated carbocycles. The minimum Gasteiger partial charge on any atom is -0.321 e. The summed E-state index contributed by atoms with van der Waals surface area (Å²) in [5, 5.41) is 2.97. The van der Waals surface area contributed by atoms with Crippen LogP contribution in [0.15, 0.2) is 36.4 Å². The molecule has 0 fully saturated rings. The van der Waals surface area contributed by atoms with Crippen LogP contribution < -0.4 is 5.32 Å². The highest BCUT2D eigenvalue weighted by Crippen LogP contribution is 2.41. The molecule has 0 atom stereocenters. The number of hydrogen-bond acceptors (Lipinski definition) is 3. The third-order valence-electron chi connectivity index (χ3n) is 3.57. The van der Waals surface area contributed by atoms with Crippen molar-refractivity contribution in [2.75, 3.05) is 5.32 Å². The maximum absolute atomic E-state index is 12.5. The molecule has 3 aromatic rings. The Morgan fingerprint density at radius 1 is 1.09 bits per heavy atom. The largest absolute Gasteiger partial charge is 0.321 e. The maximum atomic E-state index is 12.5. The number of hydrogen-bond donors (Lipinski definition) is 1. The van der Waals surface area contributed by atoms with Gasteiger partial charge in [0.25, 0.3) is 5.91 Å². The SMILES string of the molecule is Cc1c(C(=O)Nc2ccccc2)sc2cc(C(C)(C)C)sc12. The first kappa shape index (κ1) is 15.3. The third-order valence-corrected chi connectivity index (χ3v) is 6.62. The number of amides is 1. The zero-order valence-electron chi connectivity index (χ0n) is 13.2. The van der Waals surface area contributed by atoms with Gasteiger partial charge in [0.15, 0.2) is 0 Å². The molecule has 2 nitrogen and oxygen atoms in total. The Labute approximate surface area is 138 Å². The van der Waals surface area contributed by atoms with E-state index in [4.69, 9.17) is 0 Å². The number of anilines is 1. The lowest BCUT2D eigenvalue weighted by Crippen LogP contribution is -2.11. The van der Waals surface area contributed by atoms with Crippen molar-refractivity contribution in [1.29, 1.82) is 0 Å². The van der Waals surface area contributed by atoms with Crippen molar-refractivity contribution in [1.82, 2.24) is 0 Å². The van der Waals surface area contributed by atoms with Gasteiger partial charge < -0.3 is 5.32 Å². The molecule has 2 heterocycles. The Hall–Kier alpha value is -1.65. The van der Waals surface area contributed by atoms with Crippen molar-refractivity contribution in [3.8, 4) is 0 Å². The van der Waals surface area contributed by atoms with Crippen LogP contribution in [0.2, 0.25) is 0 Å². The molecular weight excluding hydrogens is 310 g/mol. The summed E-state index contributed by atoms with van der Waals surface area (Å²) in [5.74, 6) is -0.0191. The van der Waals surface area contributed by atoms with Gasteiger partial charge in [0.1, 0.15) is 0 Å². The average molecular weight is 329 g/mol. The van der Waals surface area contributed by atoms with Crippen LogP contribution in [-0.2, 0) is 5.41 Å². The van der Waals surface area contributed by atoms with E-state index in [2.05, 4.69) is 32.2 Å². The summed E-state index contributed by atoms with van der Waals surface area (Å²) in [6.07, 6.45) is 0. The predicted octanol–water partition coefficient (Wildman–Crippen LogP) is 5.82. The molecule has 0 saturated heterocycles. The average Bonchev–Trinajstić information content (AvgIpc) is 3.00. The Kier molecular flexibility index (Phi) is 3.83. The number of thiophene rings is 2. The second kappa shape index (κ2) is 5.52. The molecule has 0 spiro atoms. The zero-order chi connectivity index (χ0) is 15.9. The van der Waals surface area contributed by atoms with Gasteiger partial charge in [-0.15, -0.1) is 22.7 Å². The third kappa shape index (κ3) is 2.81. The molecule has 22 heavy (non-hydrogen) atoms. The van der Waals surface area contributed by atoms with Gasteiger partial charge in [-0.05, 0) is 36.1 Å². The van der Waals surface area contributed by atoms with E-state index >= 15 is 0 Å². The van der Waals surface area contributed by atoms with Crippen LogP contribution in [0, 0.1) is 6.92 Å². The quantitative estimate of drug-likeness (QED) is 0.630. The minimum atomic E-state index is -0.0191. The van der Waals surface area contributed by atoms with E-state index in [-0.39, 0.29) is 11.3 Å². The normalized spacial score (nSPS) is 11.8. The second-order valence-corrected chi connectivity index (χ2v) is 8.53. The highest BCUT2D eigenvalue weighted by atomic mass is 32.1. The van der Waals surface area contributed by atoms with E-state index in [9.17, 15) is 4.79 Å². The van der Waals surface area contributed by atoms with Gasteiger partial charge in [-0.3, -0.25) is 4.79 Å². The second-order valence-electron chi connectivity index (χ2n) is 6.43. The Morgan fingerprint density at radius 3 is 2.36 bits per heavy atom. The van der Waals surface area contributed by atoms with Crippen molar-refractivity contribution in [2.24, 2.45) is 0 Å². The minimum absolute atomic E-state index is 0.0191. The number of fused-ring (bicyclic) bond motifs is 1. The molecule has 1 amide bonds. The molecule has 0 unspecified atom stereocenters. The van der Waals surface area contributed by atoms with Crippen molar-refractivity contribution in [3.63, 3.8) is 0 Å². The van der Waals surface area contributed by atoms with E-state index in [1.807, 2.05) is 37.3 Å². The number of para-hydroxylation sites is 1. The number of rotatable bonds is 2. The standard InChI is InChI=1S/C18H19NOS2/c1-11-15-13(10-14(22-15)18(2,3)4)21-16(11)17(20)19-12-8-6-5-7-9-12/h5-10H,1-4H3,(H,19,20). The first-order valence-electron chi connectivity index (χ1n) is 7.26. The highest BCUT2D eigenvalue weighted by molar-refractivity contribution is 7.29. The fraction of sp³-hybridized carbons (Fsp3) is 0.278. The lowest BCUT2D eigenvalue weighted by atomic mass is 9.95. The first-order chi connectivity index (χ1) is 10.4. The molecule has 0 radical (unpaired) electrons. The van der Waals surface area contributed by atoms with Gasteiger partial charge >= 0.3 is 0 Å². The van der Waals surface area contributed by atoms with Crippen LogP contribution in [0.5, 0.6) is 0 Å². The van der Waals surface area contributed by atoms with Crippen LogP contribution in [0.3, 0.4) is 0 Å². The first-order valence-corrected chi connectivity index (χ1v) is 8.89. The molecule has 114 valence electrons. The maximum Gasteiger partial charge on any atom is 0.266 e. The monoisotopic (exact) mass is 329 g/mol. The van der Waals surface area contributed by atoms with Crippen molar-refractivity contribution < 1.29 is 4.79 Å². The number of nitrogens with one attached hydrogen (secondary N) is 1. The smallest absolute Gasteiger partial charge is 0.266 e. The number of carbonyl (C=O) groups is 1. The zero-order valence-corrected chi connectivity index (χ0v) is 14.8. The Bertz CT molecular complexity index is 822. The van der Waals surface area contributed by atoms with Crippen LogP contribution in [0.25, 0.3) is 9.40 Å². The number of carbonyl (C=O) groups excluding carboxylic acids is 1. The molecular formula is C18H19NOS2. The molecule has 1 aromatic carbocycles. The van der Waals surface area contributed by atoms with E-state index in [1.165, 1.54) is 14.3 Å². The molecule has 0 aliphatic heterocycles. The van der Waals surface area contributed by atoms with E-state index in [0.29, 0.717) is 0 Å². The lowest BCUT2D eigenvalue weighted by molar-refractivity contribution is 0.103. The predicted molar refractivity (Wildman–Crippen MR) is 97.5 cm³/mol. The van der Waals surface area contributed by atoms with Crippen LogP contribution in [0.1, 0.15) is 40.9 Å². The molecule has 4 heteroatoms. The van der Waals surface area contributed by atoms with Gasteiger partial charge in [0.2, 0.25) is 0 Å². The molecule has 0 aliphatic carbocycles. The lowest BCUT2D eigenvalue weighted by Gasteiger charge is -2.15. The fourth-order valence-corrected chi connectivity index (χ4v) is 4.84. The summed E-state index contributed by atoms with van der Waals surface area (Å²) < 4.78 is 2.46. The summed E-state index contributed by atoms with van der Waals surface area (Å²) in [4.78, 5) is 14.7. The van der Waals surface area contributed by atoms with E-state index in [0.717, 1.165) is 16.1 Å². The Morgan fingerprint density at radius 2 is 1.77 bits per heavy atom. The summed E-state index contributed by atoms with van der Waals surface area (Å²) in [6.45, 7) is 8.71. The van der Waals surface area contributed by atoms with Crippen LogP contribution >= 0.6 is 22.7 Å². The van der Waals surface area contributed by atoms with Gasteiger partial charge in [-0.2, -0.15) is 0 Å². The van der Waals surface area contributed by atoms with Gasteiger partial charge in [-0.1, -0.05) is 39.0 Å². The van der Waals surface area contributed by atoms with E-state index in [1.54, 1.807) is 22.7 Å². The van der Waals surface area contributed by atoms with Gasteiger partial charge in [-0.25, -0.2) is 0 Å². The van der Waals surface area contributed by atoms with Gasteiger partial charge in [0, 0.05) is 20.0 Å². The van der Waals surface area contributed by atoms with Gasteiger partial charge in [0.05, 0.1) is 4.88 Å². The molecule has 0 aliphatic rings. The highest BCUT2D eigenvalue weighted by Gasteiger charge is 2.22. The molecule has 2 aromatic heterocycles. The van der Waals surface area contributed by atoms with Crippen LogP contribution in [-0.4, -0.2) is 5.91 Å². The summed E-state index contributed by atoms with van der Waals surface area (Å²) >= 11 is 3.39. The number of benzene rings is 1. The van der Waals surface area contributed by atoms with Crippen molar-refractivity contribution in [3.05, 3.63) is 51.7 Å². The molecule has 0 bridgehead atoms. The van der Waals surface area contributed by atoms with Crippen LogP contribution in [0.4, 0.5) is 5.69 Å². The summed E-state index contributed by atoms with van der Waals surface area (Å²) in [7, 11) is 0. The summed E-state index contributed by atoms with van der Waals surface area (Å²) in [5.41, 5.74) is 2.08. The topological polar surface area (TPSA) is 29.1 Å². The Balaban J connectivity index is 1.93. The fourth-order valence-electron chi connectivity index (χ4n) is 2.30.